The Bertz CT molecular complexity index is 192. The molecular formula is C10H17NO2. The number of likely N-dealkylation sites (tertiary alicyclic amines) is 1. The molecule has 0 atom stereocenters. The average molecular weight is 183 g/mol. The molecule has 1 saturated carbocycles. The van der Waals surface area contributed by atoms with Crippen molar-refractivity contribution in [1.29, 1.82) is 0 Å². The summed E-state index contributed by atoms with van der Waals surface area (Å²) in [5.74, 6) is 0. The third-order valence-electron chi connectivity index (χ3n) is 3.86. The molecule has 1 aliphatic carbocycles. The van der Waals surface area contributed by atoms with Crippen molar-refractivity contribution in [3.63, 3.8) is 0 Å². The second-order valence-electron chi connectivity index (χ2n) is 4.45. The summed E-state index contributed by atoms with van der Waals surface area (Å²) in [6.07, 6.45) is 5.69. The second kappa shape index (κ2) is 2.94. The first-order valence-corrected chi connectivity index (χ1v) is 5.37. The summed E-state index contributed by atoms with van der Waals surface area (Å²) in [5, 5.41) is 0. The summed E-state index contributed by atoms with van der Waals surface area (Å²) >= 11 is 0. The van der Waals surface area contributed by atoms with E-state index in [9.17, 15) is 0 Å². The van der Waals surface area contributed by atoms with Crippen LogP contribution in [0.15, 0.2) is 0 Å². The maximum Gasteiger partial charge on any atom is 0.170 e. The Kier molecular flexibility index (Phi) is 1.86. The molecular weight excluding hydrogens is 166 g/mol. The minimum atomic E-state index is 0.0674. The third kappa shape index (κ3) is 1.22. The minimum Gasteiger partial charge on any atom is -0.349 e. The molecule has 74 valence electrons. The molecule has 0 radical (unpaired) electrons. The van der Waals surface area contributed by atoms with E-state index in [1.54, 1.807) is 0 Å². The maximum absolute atomic E-state index is 5.46. The van der Waals surface area contributed by atoms with Gasteiger partial charge in [0.2, 0.25) is 0 Å². The Hall–Kier alpha value is -0.120. The van der Waals surface area contributed by atoms with Gasteiger partial charge in [-0.3, -0.25) is 4.90 Å². The van der Waals surface area contributed by atoms with Gasteiger partial charge in [-0.1, -0.05) is 0 Å². The van der Waals surface area contributed by atoms with Crippen LogP contribution in [0.3, 0.4) is 0 Å². The van der Waals surface area contributed by atoms with Crippen LogP contribution < -0.4 is 0 Å². The van der Waals surface area contributed by atoms with E-state index in [-0.39, 0.29) is 6.29 Å². The van der Waals surface area contributed by atoms with E-state index in [1.165, 1.54) is 32.2 Å². The van der Waals surface area contributed by atoms with E-state index in [0.29, 0.717) is 5.54 Å². The van der Waals surface area contributed by atoms with E-state index in [2.05, 4.69) is 4.90 Å². The second-order valence-corrected chi connectivity index (χ2v) is 4.45. The third-order valence-corrected chi connectivity index (χ3v) is 3.86. The fourth-order valence-corrected chi connectivity index (χ4v) is 2.71. The molecule has 2 heterocycles. The van der Waals surface area contributed by atoms with Gasteiger partial charge >= 0.3 is 0 Å². The molecule has 0 unspecified atom stereocenters. The van der Waals surface area contributed by atoms with Crippen molar-refractivity contribution < 1.29 is 9.47 Å². The highest BCUT2D eigenvalue weighted by Gasteiger charge is 2.49. The van der Waals surface area contributed by atoms with Gasteiger partial charge in [-0.15, -0.1) is 0 Å². The lowest BCUT2D eigenvalue weighted by Crippen LogP contribution is -2.65. The van der Waals surface area contributed by atoms with Gasteiger partial charge in [0.1, 0.15) is 0 Å². The van der Waals surface area contributed by atoms with Crippen LogP contribution in [0.25, 0.3) is 0 Å². The highest BCUT2D eigenvalue weighted by Crippen LogP contribution is 2.47. The molecule has 0 amide bonds. The molecule has 0 aromatic rings. The fourth-order valence-electron chi connectivity index (χ4n) is 2.71. The van der Waals surface area contributed by atoms with Crippen LogP contribution in [0, 0.1) is 0 Å². The monoisotopic (exact) mass is 183 g/mol. The van der Waals surface area contributed by atoms with E-state index in [4.69, 9.17) is 9.47 Å². The van der Waals surface area contributed by atoms with Gasteiger partial charge in [0.05, 0.1) is 19.8 Å². The van der Waals surface area contributed by atoms with Crippen molar-refractivity contribution in [2.24, 2.45) is 0 Å². The number of nitrogens with zero attached hydrogens (tertiary/aromatic N) is 1. The highest BCUT2D eigenvalue weighted by atomic mass is 16.7. The molecule has 2 saturated heterocycles. The van der Waals surface area contributed by atoms with Crippen molar-refractivity contribution >= 4 is 0 Å². The topological polar surface area (TPSA) is 21.7 Å². The summed E-state index contributed by atoms with van der Waals surface area (Å²) in [6.45, 7) is 3.82. The van der Waals surface area contributed by atoms with Crippen molar-refractivity contribution in [3.8, 4) is 0 Å². The van der Waals surface area contributed by atoms with Crippen LogP contribution >= 0.6 is 0 Å². The van der Waals surface area contributed by atoms with Gasteiger partial charge < -0.3 is 9.47 Å². The Morgan fingerprint density at radius 2 is 1.92 bits per heavy atom. The lowest BCUT2D eigenvalue weighted by atomic mass is 9.68. The quantitative estimate of drug-likeness (QED) is 0.637. The van der Waals surface area contributed by atoms with E-state index < -0.39 is 0 Å². The Morgan fingerprint density at radius 1 is 1.15 bits per heavy atom. The minimum absolute atomic E-state index is 0.0674. The summed E-state index contributed by atoms with van der Waals surface area (Å²) < 4.78 is 10.9. The molecule has 0 N–H and O–H groups in total. The predicted molar refractivity (Wildman–Crippen MR) is 48.5 cm³/mol. The maximum atomic E-state index is 5.46. The van der Waals surface area contributed by atoms with Crippen molar-refractivity contribution in [1.82, 2.24) is 4.90 Å². The molecule has 2 aliphatic heterocycles. The van der Waals surface area contributed by atoms with E-state index >= 15 is 0 Å². The smallest absolute Gasteiger partial charge is 0.170 e. The average Bonchev–Trinajstić information content (AvgIpc) is 2.47. The van der Waals surface area contributed by atoms with Gasteiger partial charge in [-0.25, -0.2) is 0 Å². The fraction of sp³-hybridized carbons (Fsp3) is 1.00. The molecule has 3 fully saturated rings. The molecule has 13 heavy (non-hydrogen) atoms. The van der Waals surface area contributed by atoms with Crippen LogP contribution in [-0.2, 0) is 9.47 Å². The zero-order valence-electron chi connectivity index (χ0n) is 8.00. The standard InChI is InChI=1S/C10H17NO2/c1-2-10(3-1)4-5-11(10)8-9-12-6-7-13-9/h9H,1-8H2. The number of rotatable bonds is 2. The molecule has 0 aromatic carbocycles. The van der Waals surface area contributed by atoms with Crippen LogP contribution in [0.1, 0.15) is 25.7 Å². The lowest BCUT2D eigenvalue weighted by molar-refractivity contribution is -0.136. The normalized spacial score (nSPS) is 33.2. The number of hydrogen-bond donors (Lipinski definition) is 0. The lowest BCUT2D eigenvalue weighted by Gasteiger charge is -2.59. The molecule has 3 rings (SSSR count). The molecule has 3 nitrogen and oxygen atoms in total. The summed E-state index contributed by atoms with van der Waals surface area (Å²) in [7, 11) is 0. The molecule has 3 heteroatoms. The Labute approximate surface area is 79.0 Å². The van der Waals surface area contributed by atoms with Gasteiger partial charge in [-0.05, 0) is 25.7 Å². The van der Waals surface area contributed by atoms with Crippen LogP contribution in [0.4, 0.5) is 0 Å². The molecule has 0 aromatic heterocycles. The molecule has 1 spiro atoms. The SMILES string of the molecule is C1CC2(C1)CCN2CC1OCCO1. The first kappa shape index (κ1) is 8.21. The molecule has 0 bridgehead atoms. The van der Waals surface area contributed by atoms with E-state index in [1.807, 2.05) is 0 Å². The Balaban J connectivity index is 1.54. The van der Waals surface area contributed by atoms with Crippen LogP contribution in [0.5, 0.6) is 0 Å². The van der Waals surface area contributed by atoms with E-state index in [0.717, 1.165) is 19.8 Å². The number of ether oxygens (including phenoxy) is 2. The highest BCUT2D eigenvalue weighted by molar-refractivity contribution is 5.05. The first-order valence-electron chi connectivity index (χ1n) is 5.37. The van der Waals surface area contributed by atoms with Gasteiger partial charge in [0, 0.05) is 12.1 Å². The zero-order chi connectivity index (χ0) is 8.73. The summed E-state index contributed by atoms with van der Waals surface area (Å²) in [5.41, 5.74) is 0.593. The summed E-state index contributed by atoms with van der Waals surface area (Å²) in [6, 6.07) is 0. The zero-order valence-corrected chi connectivity index (χ0v) is 8.00. The van der Waals surface area contributed by atoms with Gasteiger partial charge in [0.15, 0.2) is 6.29 Å². The predicted octanol–water partition coefficient (Wildman–Crippen LogP) is 0.988. The van der Waals surface area contributed by atoms with Crippen LogP contribution in [0.2, 0.25) is 0 Å². The summed E-state index contributed by atoms with van der Waals surface area (Å²) in [4.78, 5) is 2.56. The van der Waals surface area contributed by atoms with Gasteiger partial charge in [-0.2, -0.15) is 0 Å². The van der Waals surface area contributed by atoms with Crippen molar-refractivity contribution in [2.45, 2.75) is 37.5 Å². The number of hydrogen-bond acceptors (Lipinski definition) is 3. The molecule has 3 aliphatic rings. The van der Waals surface area contributed by atoms with Gasteiger partial charge in [0.25, 0.3) is 0 Å². The Morgan fingerprint density at radius 3 is 2.38 bits per heavy atom. The van der Waals surface area contributed by atoms with Crippen molar-refractivity contribution in [2.75, 3.05) is 26.3 Å². The van der Waals surface area contributed by atoms with Crippen LogP contribution in [-0.4, -0.2) is 43.0 Å². The van der Waals surface area contributed by atoms with Crippen molar-refractivity contribution in [3.05, 3.63) is 0 Å². The largest absolute Gasteiger partial charge is 0.349 e. The first-order chi connectivity index (χ1) is 6.39.